The molecule has 1 fully saturated rings. The minimum atomic E-state index is -0.279. The topological polar surface area (TPSA) is 49.4 Å². The van der Waals surface area contributed by atoms with E-state index in [-0.39, 0.29) is 18.0 Å². The number of imide groups is 1. The van der Waals surface area contributed by atoms with Crippen molar-refractivity contribution in [1.29, 1.82) is 0 Å². The number of nitrogens with zero attached hydrogens (tertiary/aromatic N) is 1. The summed E-state index contributed by atoms with van der Waals surface area (Å²) in [5.41, 5.74) is 2.15. The van der Waals surface area contributed by atoms with Crippen LogP contribution in [0.1, 0.15) is 36.9 Å². The third kappa shape index (κ3) is 2.53. The van der Waals surface area contributed by atoms with Gasteiger partial charge in [0.15, 0.2) is 0 Å². The highest BCUT2D eigenvalue weighted by Crippen LogP contribution is 2.22. The van der Waals surface area contributed by atoms with Crippen LogP contribution in [0.5, 0.6) is 0 Å². The van der Waals surface area contributed by atoms with Gasteiger partial charge >= 0.3 is 6.03 Å². The number of nitrogens with one attached hydrogen (secondary N) is 1. The predicted octanol–water partition coefficient (Wildman–Crippen LogP) is 2.39. The van der Waals surface area contributed by atoms with E-state index in [0.29, 0.717) is 13.0 Å². The number of urea groups is 1. The van der Waals surface area contributed by atoms with Crippen molar-refractivity contribution in [3.8, 4) is 0 Å². The van der Waals surface area contributed by atoms with Gasteiger partial charge in [0.1, 0.15) is 0 Å². The zero-order chi connectivity index (χ0) is 13.1. The molecule has 0 aliphatic carbocycles. The van der Waals surface area contributed by atoms with Crippen LogP contribution in [-0.2, 0) is 4.79 Å². The monoisotopic (exact) mass is 246 g/mol. The molecule has 0 spiro atoms. The quantitative estimate of drug-likeness (QED) is 0.890. The van der Waals surface area contributed by atoms with E-state index in [1.807, 2.05) is 38.1 Å². The molecule has 1 aromatic carbocycles. The van der Waals surface area contributed by atoms with Crippen molar-refractivity contribution < 1.29 is 9.59 Å². The van der Waals surface area contributed by atoms with Crippen molar-refractivity contribution >= 4 is 11.9 Å². The second kappa shape index (κ2) is 5.21. The van der Waals surface area contributed by atoms with Crippen molar-refractivity contribution in [2.24, 2.45) is 0 Å². The smallest absolute Gasteiger partial charge is 0.324 e. The van der Waals surface area contributed by atoms with E-state index in [1.54, 1.807) is 0 Å². The minimum Gasteiger partial charge on any atom is -0.330 e. The summed E-state index contributed by atoms with van der Waals surface area (Å²) in [6.45, 7) is 4.45. The molecule has 1 aliphatic rings. The Labute approximate surface area is 107 Å². The van der Waals surface area contributed by atoms with Gasteiger partial charge in [0.05, 0.1) is 12.5 Å². The summed E-state index contributed by atoms with van der Waals surface area (Å²) in [5.74, 6) is -0.0915. The Hall–Kier alpha value is -1.84. The first kappa shape index (κ1) is 12.6. The standard InChI is InChI=1S/C14H18N2O2/c1-3-8-16-13(17)9-12(15-14(16)18)11-6-4-10(2)5-7-11/h4-7,12H,3,8-9H2,1-2H3,(H,15,18)/t12-/m0/s1. The molecule has 18 heavy (non-hydrogen) atoms. The Kier molecular flexibility index (Phi) is 3.65. The number of hydrogen-bond acceptors (Lipinski definition) is 2. The lowest BCUT2D eigenvalue weighted by atomic mass is 10.0. The Morgan fingerprint density at radius 2 is 1.94 bits per heavy atom. The third-order valence-corrected chi connectivity index (χ3v) is 3.15. The molecule has 0 bridgehead atoms. The molecular formula is C14H18N2O2. The van der Waals surface area contributed by atoms with Crippen LogP contribution in [0.15, 0.2) is 24.3 Å². The van der Waals surface area contributed by atoms with Crippen molar-refractivity contribution in [1.82, 2.24) is 10.2 Å². The maximum absolute atomic E-state index is 11.9. The SMILES string of the molecule is CCCN1C(=O)C[C@@H](c2ccc(C)cc2)NC1=O. The first-order valence-electron chi connectivity index (χ1n) is 6.29. The van der Waals surface area contributed by atoms with Crippen LogP contribution in [-0.4, -0.2) is 23.4 Å². The van der Waals surface area contributed by atoms with E-state index in [4.69, 9.17) is 0 Å². The van der Waals surface area contributed by atoms with Crippen LogP contribution in [0.4, 0.5) is 4.79 Å². The van der Waals surface area contributed by atoms with E-state index in [9.17, 15) is 9.59 Å². The molecule has 1 aromatic rings. The lowest BCUT2D eigenvalue weighted by molar-refractivity contribution is -0.130. The van der Waals surface area contributed by atoms with Crippen molar-refractivity contribution in [3.63, 3.8) is 0 Å². The van der Waals surface area contributed by atoms with Gasteiger partial charge in [-0.1, -0.05) is 36.8 Å². The van der Waals surface area contributed by atoms with Crippen LogP contribution < -0.4 is 5.32 Å². The summed E-state index contributed by atoms with van der Waals surface area (Å²) in [5, 5.41) is 2.88. The largest absolute Gasteiger partial charge is 0.330 e. The average Bonchev–Trinajstić information content (AvgIpc) is 2.34. The molecule has 2 rings (SSSR count). The Morgan fingerprint density at radius 1 is 1.28 bits per heavy atom. The fourth-order valence-electron chi connectivity index (χ4n) is 2.13. The van der Waals surface area contributed by atoms with Crippen molar-refractivity contribution in [3.05, 3.63) is 35.4 Å². The summed E-state index contributed by atoms with van der Waals surface area (Å²) in [6.07, 6.45) is 1.13. The highest BCUT2D eigenvalue weighted by Gasteiger charge is 2.31. The zero-order valence-corrected chi connectivity index (χ0v) is 10.8. The fraction of sp³-hybridized carbons (Fsp3) is 0.429. The van der Waals surface area contributed by atoms with Gasteiger partial charge in [-0.2, -0.15) is 0 Å². The number of amides is 3. The maximum atomic E-state index is 11.9. The van der Waals surface area contributed by atoms with Gasteiger partial charge in [-0.3, -0.25) is 9.69 Å². The van der Waals surface area contributed by atoms with Crippen LogP contribution in [0.25, 0.3) is 0 Å². The molecule has 1 atom stereocenters. The number of hydrogen-bond donors (Lipinski definition) is 1. The lowest BCUT2D eigenvalue weighted by Gasteiger charge is -2.31. The van der Waals surface area contributed by atoms with Crippen molar-refractivity contribution in [2.45, 2.75) is 32.7 Å². The average molecular weight is 246 g/mol. The summed E-state index contributed by atoms with van der Waals surface area (Å²) in [4.78, 5) is 25.0. The highest BCUT2D eigenvalue weighted by molar-refractivity contribution is 5.97. The molecule has 1 saturated heterocycles. The zero-order valence-electron chi connectivity index (χ0n) is 10.8. The minimum absolute atomic E-state index is 0.0915. The fourth-order valence-corrected chi connectivity index (χ4v) is 2.13. The second-order valence-electron chi connectivity index (χ2n) is 4.66. The van der Waals surface area contributed by atoms with Gasteiger partial charge in [-0.25, -0.2) is 4.79 Å². The van der Waals surface area contributed by atoms with E-state index in [0.717, 1.165) is 12.0 Å². The van der Waals surface area contributed by atoms with E-state index in [1.165, 1.54) is 10.5 Å². The molecular weight excluding hydrogens is 228 g/mol. The van der Waals surface area contributed by atoms with Crippen LogP contribution in [0, 0.1) is 6.92 Å². The highest BCUT2D eigenvalue weighted by atomic mass is 16.2. The summed E-state index contributed by atoms with van der Waals surface area (Å²) >= 11 is 0. The lowest BCUT2D eigenvalue weighted by Crippen LogP contribution is -2.51. The molecule has 4 nitrogen and oxygen atoms in total. The Bertz CT molecular complexity index is 435. The van der Waals surface area contributed by atoms with Gasteiger partial charge in [-0.15, -0.1) is 0 Å². The number of carbonyl (C=O) groups excluding carboxylic acids is 2. The summed E-state index contributed by atoms with van der Waals surface area (Å²) in [7, 11) is 0. The normalized spacial score (nSPS) is 19.9. The van der Waals surface area contributed by atoms with Crippen LogP contribution in [0.3, 0.4) is 0 Å². The van der Waals surface area contributed by atoms with E-state index >= 15 is 0 Å². The number of benzene rings is 1. The Morgan fingerprint density at radius 3 is 2.50 bits per heavy atom. The molecule has 0 aromatic heterocycles. The second-order valence-corrected chi connectivity index (χ2v) is 4.66. The third-order valence-electron chi connectivity index (χ3n) is 3.15. The molecule has 0 saturated carbocycles. The van der Waals surface area contributed by atoms with Gasteiger partial charge in [-0.05, 0) is 18.9 Å². The molecule has 1 aliphatic heterocycles. The molecule has 0 unspecified atom stereocenters. The molecule has 1 N–H and O–H groups in total. The van der Waals surface area contributed by atoms with Gasteiger partial charge in [0, 0.05) is 6.54 Å². The molecule has 0 radical (unpaired) electrons. The molecule has 4 heteroatoms. The summed E-state index contributed by atoms with van der Waals surface area (Å²) < 4.78 is 0. The van der Waals surface area contributed by atoms with E-state index in [2.05, 4.69) is 5.32 Å². The van der Waals surface area contributed by atoms with Crippen LogP contribution >= 0.6 is 0 Å². The number of rotatable bonds is 3. The van der Waals surface area contributed by atoms with Gasteiger partial charge < -0.3 is 5.32 Å². The van der Waals surface area contributed by atoms with Crippen molar-refractivity contribution in [2.75, 3.05) is 6.54 Å². The van der Waals surface area contributed by atoms with Gasteiger partial charge in [0.2, 0.25) is 5.91 Å². The predicted molar refractivity (Wildman–Crippen MR) is 69.1 cm³/mol. The first-order chi connectivity index (χ1) is 8.61. The molecule has 3 amide bonds. The Balaban J connectivity index is 2.12. The molecule has 1 heterocycles. The van der Waals surface area contributed by atoms with Gasteiger partial charge in [0.25, 0.3) is 0 Å². The van der Waals surface area contributed by atoms with E-state index < -0.39 is 0 Å². The first-order valence-corrected chi connectivity index (χ1v) is 6.29. The summed E-state index contributed by atoms with van der Waals surface area (Å²) in [6, 6.07) is 7.43. The van der Waals surface area contributed by atoms with Crippen LogP contribution in [0.2, 0.25) is 0 Å². The molecule has 96 valence electrons. The number of carbonyl (C=O) groups is 2. The number of aryl methyl sites for hydroxylation is 1. The maximum Gasteiger partial charge on any atom is 0.324 e.